The van der Waals surface area contributed by atoms with E-state index < -0.39 is 12.1 Å². The lowest BCUT2D eigenvalue weighted by atomic mass is 10.1. The number of aliphatic carboxylic acids is 1. The number of nitriles is 1. The van der Waals surface area contributed by atoms with Crippen molar-refractivity contribution in [3.63, 3.8) is 0 Å². The Morgan fingerprint density at radius 1 is 1.38 bits per heavy atom. The number of benzene rings is 1. The van der Waals surface area contributed by atoms with Crippen molar-refractivity contribution in [1.82, 2.24) is 5.32 Å². The lowest BCUT2D eigenvalue weighted by Gasteiger charge is -2.17. The molecular formula is C15H18N2O4. The van der Waals surface area contributed by atoms with Gasteiger partial charge in [-0.1, -0.05) is 19.1 Å². The van der Waals surface area contributed by atoms with Crippen molar-refractivity contribution in [2.75, 3.05) is 6.54 Å². The zero-order chi connectivity index (χ0) is 15.8. The first-order valence-electron chi connectivity index (χ1n) is 6.59. The first-order chi connectivity index (χ1) is 9.93. The van der Waals surface area contributed by atoms with Gasteiger partial charge in [0.25, 0.3) is 5.91 Å². The van der Waals surface area contributed by atoms with E-state index in [1.807, 2.05) is 6.07 Å². The molecule has 1 aromatic rings. The number of carboxylic acids is 1. The summed E-state index contributed by atoms with van der Waals surface area (Å²) >= 11 is 0. The van der Waals surface area contributed by atoms with E-state index in [0.29, 0.717) is 11.3 Å². The van der Waals surface area contributed by atoms with Crippen molar-refractivity contribution in [3.8, 4) is 11.8 Å². The molecule has 2 atom stereocenters. The fraction of sp³-hybridized carbons (Fsp3) is 0.400. The highest BCUT2D eigenvalue weighted by molar-refractivity contribution is 5.80. The first-order valence-corrected chi connectivity index (χ1v) is 6.59. The van der Waals surface area contributed by atoms with Crippen molar-refractivity contribution in [2.24, 2.45) is 5.92 Å². The molecule has 1 rings (SSSR count). The van der Waals surface area contributed by atoms with E-state index in [1.54, 1.807) is 38.1 Å². The van der Waals surface area contributed by atoms with Crippen LogP contribution in [-0.2, 0) is 9.59 Å². The summed E-state index contributed by atoms with van der Waals surface area (Å²) in [6.07, 6.45) is -0.774. The molecule has 0 heterocycles. The molecule has 1 amide bonds. The molecule has 0 radical (unpaired) electrons. The molecule has 2 unspecified atom stereocenters. The van der Waals surface area contributed by atoms with Gasteiger partial charge in [0.1, 0.15) is 11.8 Å². The molecule has 0 aliphatic rings. The maximum Gasteiger partial charge on any atom is 0.303 e. The summed E-state index contributed by atoms with van der Waals surface area (Å²) in [6.45, 7) is 3.58. The second-order valence-corrected chi connectivity index (χ2v) is 4.82. The topological polar surface area (TPSA) is 99.4 Å². The number of carboxylic acid groups (broad SMARTS) is 1. The van der Waals surface area contributed by atoms with E-state index in [1.165, 1.54) is 0 Å². The number of hydrogen-bond donors (Lipinski definition) is 2. The molecule has 0 bridgehead atoms. The number of amides is 1. The fourth-order valence-electron chi connectivity index (χ4n) is 1.69. The number of para-hydroxylation sites is 1. The van der Waals surface area contributed by atoms with Crippen LogP contribution >= 0.6 is 0 Å². The van der Waals surface area contributed by atoms with Crippen molar-refractivity contribution in [2.45, 2.75) is 26.4 Å². The van der Waals surface area contributed by atoms with E-state index >= 15 is 0 Å². The number of hydrogen-bond acceptors (Lipinski definition) is 4. The number of carbonyl (C=O) groups is 2. The van der Waals surface area contributed by atoms with E-state index in [2.05, 4.69) is 5.32 Å². The van der Waals surface area contributed by atoms with Gasteiger partial charge in [-0.15, -0.1) is 0 Å². The Morgan fingerprint density at radius 3 is 2.67 bits per heavy atom. The summed E-state index contributed by atoms with van der Waals surface area (Å²) in [5.74, 6) is -1.06. The summed E-state index contributed by atoms with van der Waals surface area (Å²) in [7, 11) is 0. The Hall–Kier alpha value is -2.55. The van der Waals surface area contributed by atoms with Crippen LogP contribution in [0.1, 0.15) is 25.8 Å². The van der Waals surface area contributed by atoms with Crippen LogP contribution in [0, 0.1) is 17.2 Å². The highest BCUT2D eigenvalue weighted by atomic mass is 16.5. The van der Waals surface area contributed by atoms with Gasteiger partial charge in [-0.2, -0.15) is 5.26 Å². The molecule has 0 saturated heterocycles. The second kappa shape index (κ2) is 7.90. The highest BCUT2D eigenvalue weighted by Crippen LogP contribution is 2.18. The Labute approximate surface area is 123 Å². The smallest absolute Gasteiger partial charge is 0.303 e. The molecule has 112 valence electrons. The normalized spacial score (nSPS) is 12.8. The highest BCUT2D eigenvalue weighted by Gasteiger charge is 2.17. The summed E-state index contributed by atoms with van der Waals surface area (Å²) < 4.78 is 5.46. The van der Waals surface area contributed by atoms with Crippen LogP contribution in [0.5, 0.6) is 5.75 Å². The number of rotatable bonds is 7. The molecule has 0 aromatic heterocycles. The SMILES string of the molecule is CC(CNC(=O)C(C)Oc1ccccc1C#N)CC(=O)O. The van der Waals surface area contributed by atoms with Crippen molar-refractivity contribution in [3.05, 3.63) is 29.8 Å². The zero-order valence-corrected chi connectivity index (χ0v) is 12.0. The predicted molar refractivity (Wildman–Crippen MR) is 75.7 cm³/mol. The number of nitrogens with zero attached hydrogens (tertiary/aromatic N) is 1. The minimum Gasteiger partial charge on any atom is -0.481 e. The number of ether oxygens (including phenoxy) is 1. The quantitative estimate of drug-likeness (QED) is 0.793. The molecule has 2 N–H and O–H groups in total. The largest absolute Gasteiger partial charge is 0.481 e. The molecule has 0 aliphatic carbocycles. The summed E-state index contributed by atoms with van der Waals surface area (Å²) in [5, 5.41) is 20.2. The van der Waals surface area contributed by atoms with Crippen LogP contribution < -0.4 is 10.1 Å². The van der Waals surface area contributed by atoms with Gasteiger partial charge in [0.2, 0.25) is 0 Å². The van der Waals surface area contributed by atoms with Gasteiger partial charge < -0.3 is 15.2 Å². The Kier molecular flexibility index (Phi) is 6.21. The molecule has 0 fully saturated rings. The molecule has 0 aliphatic heterocycles. The van der Waals surface area contributed by atoms with Gasteiger partial charge in [-0.05, 0) is 25.0 Å². The molecule has 6 nitrogen and oxygen atoms in total. The van der Waals surface area contributed by atoms with Crippen LogP contribution in [0.2, 0.25) is 0 Å². The van der Waals surface area contributed by atoms with Gasteiger partial charge in [0.05, 0.1) is 5.56 Å². The van der Waals surface area contributed by atoms with E-state index in [9.17, 15) is 9.59 Å². The van der Waals surface area contributed by atoms with Crippen molar-refractivity contribution < 1.29 is 19.4 Å². The summed E-state index contributed by atoms with van der Waals surface area (Å²) in [4.78, 5) is 22.4. The average molecular weight is 290 g/mol. The van der Waals surface area contributed by atoms with Crippen molar-refractivity contribution in [1.29, 1.82) is 5.26 Å². The third-order valence-corrected chi connectivity index (χ3v) is 2.83. The number of nitrogens with one attached hydrogen (secondary N) is 1. The fourth-order valence-corrected chi connectivity index (χ4v) is 1.69. The monoisotopic (exact) mass is 290 g/mol. The van der Waals surface area contributed by atoms with E-state index in [-0.39, 0.29) is 24.8 Å². The Morgan fingerprint density at radius 2 is 2.05 bits per heavy atom. The molecule has 0 spiro atoms. The lowest BCUT2D eigenvalue weighted by molar-refractivity contribution is -0.138. The molecule has 1 aromatic carbocycles. The Bertz CT molecular complexity index is 551. The predicted octanol–water partition coefficient (Wildman–Crippen LogP) is 1.55. The standard InChI is InChI=1S/C15H18N2O4/c1-10(7-14(18)19)9-17-15(20)11(2)21-13-6-4-3-5-12(13)8-16/h3-6,10-11H,7,9H2,1-2H3,(H,17,20)(H,18,19). The van der Waals surface area contributed by atoms with E-state index in [0.717, 1.165) is 0 Å². The van der Waals surface area contributed by atoms with Crippen LogP contribution in [0.25, 0.3) is 0 Å². The Balaban J connectivity index is 2.52. The average Bonchev–Trinajstić information content (AvgIpc) is 2.44. The van der Waals surface area contributed by atoms with Gasteiger partial charge >= 0.3 is 5.97 Å². The van der Waals surface area contributed by atoms with E-state index in [4.69, 9.17) is 15.1 Å². The first kappa shape index (κ1) is 16.5. The van der Waals surface area contributed by atoms with Gasteiger partial charge in [-0.25, -0.2) is 0 Å². The zero-order valence-electron chi connectivity index (χ0n) is 12.0. The van der Waals surface area contributed by atoms with Gasteiger partial charge in [-0.3, -0.25) is 9.59 Å². The molecule has 0 saturated carbocycles. The van der Waals surface area contributed by atoms with Crippen LogP contribution in [0.4, 0.5) is 0 Å². The number of carbonyl (C=O) groups excluding carboxylic acids is 1. The third kappa shape index (κ3) is 5.53. The summed E-state index contributed by atoms with van der Waals surface area (Å²) in [6, 6.07) is 8.65. The second-order valence-electron chi connectivity index (χ2n) is 4.82. The molecule has 21 heavy (non-hydrogen) atoms. The minimum absolute atomic E-state index is 0.00716. The van der Waals surface area contributed by atoms with Gasteiger partial charge in [0, 0.05) is 13.0 Å². The summed E-state index contributed by atoms with van der Waals surface area (Å²) in [5.41, 5.74) is 0.358. The van der Waals surface area contributed by atoms with Crippen molar-refractivity contribution >= 4 is 11.9 Å². The van der Waals surface area contributed by atoms with Crippen LogP contribution in [-0.4, -0.2) is 29.6 Å². The van der Waals surface area contributed by atoms with Crippen LogP contribution in [0.3, 0.4) is 0 Å². The molecular weight excluding hydrogens is 272 g/mol. The third-order valence-electron chi connectivity index (χ3n) is 2.83. The molecule has 6 heteroatoms. The minimum atomic E-state index is -0.899. The van der Waals surface area contributed by atoms with Crippen LogP contribution in [0.15, 0.2) is 24.3 Å². The van der Waals surface area contributed by atoms with Gasteiger partial charge in [0.15, 0.2) is 6.10 Å². The maximum absolute atomic E-state index is 11.9. The maximum atomic E-state index is 11.9. The lowest BCUT2D eigenvalue weighted by Crippen LogP contribution is -2.38.